The van der Waals surface area contributed by atoms with Crippen LogP contribution in [0.4, 0.5) is 5.69 Å². The van der Waals surface area contributed by atoms with Crippen LogP contribution in [0.5, 0.6) is 5.75 Å². The van der Waals surface area contributed by atoms with Crippen molar-refractivity contribution in [3.8, 4) is 5.75 Å². The van der Waals surface area contributed by atoms with Gasteiger partial charge in [0.1, 0.15) is 11.6 Å². The zero-order valence-corrected chi connectivity index (χ0v) is 34.3. The Morgan fingerprint density at radius 1 is 1.09 bits per heavy atom. The van der Waals surface area contributed by atoms with Crippen LogP contribution in [0.15, 0.2) is 67.0 Å². The summed E-state index contributed by atoms with van der Waals surface area (Å²) in [6.45, 7) is 14.1. The molecule has 1 aliphatic heterocycles. The Labute approximate surface area is 323 Å². The lowest BCUT2D eigenvalue weighted by molar-refractivity contribution is 0.0517. The van der Waals surface area contributed by atoms with Crippen molar-refractivity contribution in [2.24, 2.45) is 23.7 Å². The highest BCUT2D eigenvalue weighted by Gasteiger charge is 2.47. The fourth-order valence-corrected chi connectivity index (χ4v) is 10.4. The summed E-state index contributed by atoms with van der Waals surface area (Å²) in [5.41, 5.74) is 4.03. The van der Waals surface area contributed by atoms with Crippen LogP contribution in [0.1, 0.15) is 93.0 Å². The Hall–Kier alpha value is -3.20. The van der Waals surface area contributed by atoms with Gasteiger partial charge in [0, 0.05) is 42.3 Å². The standard InChI is InChI=1S/C44H58ClN3O4Si/c1-43(2,3)53(5,6)52-39(19-13-30-10-11-31(30)15-21-41-46-23-8-24-47-41)36-17-12-34(36)27-48-28-44(22-7-9-32-25-35(45)16-18-37(32)44)29-51-40-20-14-33(26-38(40)48)42(49)50-4/h8,13-14,16,18-20,23-26,30-31,34,36,39H,7,9-12,15,17,21-22,27-29H2,1-6H3/b19-13+/t30-,31-,34+,36-,39+,44+/m1/s1. The second-order valence-corrected chi connectivity index (χ2v) is 22.9. The van der Waals surface area contributed by atoms with Gasteiger partial charge >= 0.3 is 5.97 Å². The number of aromatic nitrogens is 2. The molecule has 3 aromatic rings. The van der Waals surface area contributed by atoms with Gasteiger partial charge in [0.2, 0.25) is 0 Å². The summed E-state index contributed by atoms with van der Waals surface area (Å²) < 4.78 is 19.2. The monoisotopic (exact) mass is 755 g/mol. The van der Waals surface area contributed by atoms with E-state index in [1.54, 1.807) is 0 Å². The minimum absolute atomic E-state index is 0.0731. The van der Waals surface area contributed by atoms with E-state index in [0.29, 0.717) is 35.8 Å². The smallest absolute Gasteiger partial charge is 0.337 e. The van der Waals surface area contributed by atoms with E-state index in [4.69, 9.17) is 25.5 Å². The van der Waals surface area contributed by atoms with E-state index in [2.05, 4.69) is 73.0 Å². The summed E-state index contributed by atoms with van der Waals surface area (Å²) in [5, 5.41) is 0.900. The maximum Gasteiger partial charge on any atom is 0.337 e. The van der Waals surface area contributed by atoms with Gasteiger partial charge in [0.05, 0.1) is 31.1 Å². The third kappa shape index (κ3) is 8.11. The third-order valence-corrected chi connectivity index (χ3v) is 18.1. The molecular weight excluding hydrogens is 698 g/mol. The molecule has 1 spiro atoms. The van der Waals surface area contributed by atoms with E-state index >= 15 is 0 Å². The Balaban J connectivity index is 1.16. The summed E-state index contributed by atoms with van der Waals surface area (Å²) in [7, 11) is -0.621. The predicted molar refractivity (Wildman–Crippen MR) is 216 cm³/mol. The summed E-state index contributed by atoms with van der Waals surface area (Å²) >= 11 is 6.52. The molecule has 2 saturated carbocycles. The maximum atomic E-state index is 12.8. The van der Waals surface area contributed by atoms with Crippen molar-refractivity contribution >= 4 is 31.6 Å². The fraction of sp³-hybridized carbons (Fsp3) is 0.568. The number of rotatable bonds is 11. The van der Waals surface area contributed by atoms with Crippen molar-refractivity contribution in [1.82, 2.24) is 9.97 Å². The van der Waals surface area contributed by atoms with Gasteiger partial charge in [-0.3, -0.25) is 0 Å². The number of fused-ring (bicyclic) bond motifs is 3. The van der Waals surface area contributed by atoms with Crippen molar-refractivity contribution in [1.29, 1.82) is 0 Å². The van der Waals surface area contributed by atoms with Crippen LogP contribution in [0, 0.1) is 23.7 Å². The van der Waals surface area contributed by atoms with Gasteiger partial charge in [0.25, 0.3) is 0 Å². The largest absolute Gasteiger partial charge is 0.490 e. The average molecular weight is 757 g/mol. The van der Waals surface area contributed by atoms with Crippen LogP contribution in [0.2, 0.25) is 23.2 Å². The first kappa shape index (κ1) is 38.1. The zero-order valence-electron chi connectivity index (χ0n) is 32.6. The number of benzene rings is 2. The van der Waals surface area contributed by atoms with Crippen LogP contribution < -0.4 is 9.64 Å². The molecule has 7 rings (SSSR count). The quantitative estimate of drug-likeness (QED) is 0.110. The lowest BCUT2D eigenvalue weighted by Gasteiger charge is -2.48. The number of hydrogen-bond acceptors (Lipinski definition) is 7. The van der Waals surface area contributed by atoms with E-state index in [9.17, 15) is 4.79 Å². The van der Waals surface area contributed by atoms with Gasteiger partial charge in [-0.05, 0) is 141 Å². The molecule has 0 unspecified atom stereocenters. The van der Waals surface area contributed by atoms with Gasteiger partial charge in [0.15, 0.2) is 8.32 Å². The number of ether oxygens (including phenoxy) is 2. The summed E-state index contributed by atoms with van der Waals surface area (Å²) in [6, 6.07) is 14.1. The van der Waals surface area contributed by atoms with Crippen molar-refractivity contribution in [2.45, 2.75) is 108 Å². The number of aryl methyl sites for hydroxylation is 2. The second-order valence-electron chi connectivity index (χ2n) is 17.7. The number of carbonyl (C=O) groups is 1. The lowest BCUT2D eigenvalue weighted by Crippen LogP contribution is -2.52. The molecule has 53 heavy (non-hydrogen) atoms. The third-order valence-electron chi connectivity index (χ3n) is 13.4. The number of hydrogen-bond donors (Lipinski definition) is 0. The van der Waals surface area contributed by atoms with E-state index in [1.165, 1.54) is 31.1 Å². The number of allylic oxidation sites excluding steroid dienone is 1. The lowest BCUT2D eigenvalue weighted by atomic mass is 9.67. The maximum absolute atomic E-state index is 12.8. The van der Waals surface area contributed by atoms with Crippen LogP contribution >= 0.6 is 11.6 Å². The molecule has 6 atom stereocenters. The van der Waals surface area contributed by atoms with Gasteiger partial charge in [-0.1, -0.05) is 50.6 Å². The minimum Gasteiger partial charge on any atom is -0.490 e. The number of methoxy groups -OCH3 is 1. The molecule has 9 heteroatoms. The molecule has 0 saturated heterocycles. The predicted octanol–water partition coefficient (Wildman–Crippen LogP) is 10.0. The molecule has 4 aliphatic rings. The minimum atomic E-state index is -2.07. The van der Waals surface area contributed by atoms with Crippen LogP contribution in [-0.2, 0) is 27.4 Å². The first-order valence-corrected chi connectivity index (χ1v) is 23.2. The van der Waals surface area contributed by atoms with Gasteiger partial charge in [-0.25, -0.2) is 14.8 Å². The van der Waals surface area contributed by atoms with Gasteiger partial charge in [-0.15, -0.1) is 0 Å². The Morgan fingerprint density at radius 3 is 2.58 bits per heavy atom. The van der Waals surface area contributed by atoms with Gasteiger partial charge < -0.3 is 18.8 Å². The summed E-state index contributed by atoms with van der Waals surface area (Å²) in [6.07, 6.45) is 18.8. The molecule has 0 radical (unpaired) electrons. The van der Waals surface area contributed by atoms with E-state index in [0.717, 1.165) is 80.3 Å². The zero-order chi connectivity index (χ0) is 37.4. The highest BCUT2D eigenvalue weighted by Crippen LogP contribution is 2.49. The summed E-state index contributed by atoms with van der Waals surface area (Å²) in [4.78, 5) is 24.3. The van der Waals surface area contributed by atoms with Gasteiger partial charge in [-0.2, -0.15) is 0 Å². The Morgan fingerprint density at radius 2 is 1.89 bits per heavy atom. The fourth-order valence-electron chi connectivity index (χ4n) is 8.91. The highest BCUT2D eigenvalue weighted by molar-refractivity contribution is 6.74. The Bertz CT molecular complexity index is 1790. The number of carbonyl (C=O) groups excluding carboxylic acids is 1. The molecule has 284 valence electrons. The van der Waals surface area contributed by atoms with E-state index < -0.39 is 8.32 Å². The number of anilines is 1. The average Bonchev–Trinajstić information content (AvgIpc) is 3.25. The van der Waals surface area contributed by atoms with Crippen LogP contribution in [-0.4, -0.2) is 57.2 Å². The molecule has 0 amide bonds. The molecule has 7 nitrogen and oxygen atoms in total. The molecule has 1 aromatic heterocycles. The molecule has 3 aliphatic carbocycles. The SMILES string of the molecule is COC(=O)c1ccc2c(c1)N(C[C@@H]1CC[C@H]1[C@H](/C=C/[C@H]1CC[C@@H]1CCc1ncccn1)O[Si](C)(C)C(C)(C)C)C[C@@]1(CCCc3cc(Cl)ccc31)CO2. The molecule has 0 N–H and O–H groups in total. The first-order chi connectivity index (χ1) is 25.4. The van der Waals surface area contributed by atoms with Crippen molar-refractivity contribution < 1.29 is 18.7 Å². The molecule has 2 heterocycles. The molecular formula is C44H58ClN3O4Si. The number of esters is 1. The molecule has 2 fully saturated rings. The Kier molecular flexibility index (Phi) is 11.1. The number of halogens is 1. The normalized spacial score (nSPS) is 26.1. The summed E-state index contributed by atoms with van der Waals surface area (Å²) in [5.74, 6) is 3.56. The molecule has 2 aromatic carbocycles. The van der Waals surface area contributed by atoms with Crippen molar-refractivity contribution in [3.05, 3.63) is 94.5 Å². The first-order valence-electron chi connectivity index (χ1n) is 19.9. The van der Waals surface area contributed by atoms with E-state index in [1.807, 2.05) is 42.7 Å². The molecule has 0 bridgehead atoms. The van der Waals surface area contributed by atoms with Crippen molar-refractivity contribution in [2.75, 3.05) is 31.7 Å². The number of nitrogens with zero attached hydrogens (tertiary/aromatic N) is 3. The topological polar surface area (TPSA) is 73.8 Å². The van der Waals surface area contributed by atoms with Crippen LogP contribution in [0.3, 0.4) is 0 Å². The van der Waals surface area contributed by atoms with Crippen LogP contribution in [0.25, 0.3) is 0 Å². The highest BCUT2D eigenvalue weighted by atomic mass is 35.5. The van der Waals surface area contributed by atoms with E-state index in [-0.39, 0.29) is 22.5 Å². The van der Waals surface area contributed by atoms with Crippen molar-refractivity contribution in [3.63, 3.8) is 0 Å². The second kappa shape index (κ2) is 15.5.